The maximum atomic E-state index is 11.0. The SMILES string of the molecule is BC(OC(=O)NC)c1ccc(NC(=O)O)cc1. The van der Waals surface area contributed by atoms with Crippen LogP contribution in [0.25, 0.3) is 0 Å². The first-order valence-electron chi connectivity index (χ1n) is 5.01. The van der Waals surface area contributed by atoms with Gasteiger partial charge in [-0.15, -0.1) is 0 Å². The molecule has 1 unspecified atom stereocenters. The molecule has 0 aromatic heterocycles. The van der Waals surface area contributed by atoms with Crippen LogP contribution in [0.15, 0.2) is 24.3 Å². The summed E-state index contributed by atoms with van der Waals surface area (Å²) >= 11 is 0. The van der Waals surface area contributed by atoms with Gasteiger partial charge in [0.15, 0.2) is 7.85 Å². The fourth-order valence-electron chi connectivity index (χ4n) is 1.25. The Morgan fingerprint density at radius 1 is 1.35 bits per heavy atom. The molecule has 1 atom stereocenters. The van der Waals surface area contributed by atoms with E-state index in [9.17, 15) is 9.59 Å². The van der Waals surface area contributed by atoms with E-state index in [-0.39, 0.29) is 0 Å². The zero-order valence-corrected chi connectivity index (χ0v) is 9.56. The first kappa shape index (κ1) is 12.9. The van der Waals surface area contributed by atoms with Crippen LogP contribution in [0.1, 0.15) is 11.6 Å². The van der Waals surface area contributed by atoms with Crippen molar-refractivity contribution in [2.45, 2.75) is 6.00 Å². The molecule has 7 heteroatoms. The van der Waals surface area contributed by atoms with Gasteiger partial charge in [-0.05, 0) is 17.7 Å². The Balaban J connectivity index is 2.66. The summed E-state index contributed by atoms with van der Waals surface area (Å²) in [6.45, 7) is 0. The van der Waals surface area contributed by atoms with E-state index < -0.39 is 18.2 Å². The Hall–Kier alpha value is -2.18. The third kappa shape index (κ3) is 4.06. The third-order valence-corrected chi connectivity index (χ3v) is 2.12. The highest BCUT2D eigenvalue weighted by Gasteiger charge is 2.10. The van der Waals surface area contributed by atoms with Crippen molar-refractivity contribution in [2.24, 2.45) is 0 Å². The lowest BCUT2D eigenvalue weighted by Gasteiger charge is -2.13. The first-order valence-corrected chi connectivity index (χ1v) is 5.01. The van der Waals surface area contributed by atoms with Crippen molar-refractivity contribution in [2.75, 3.05) is 12.4 Å². The lowest BCUT2D eigenvalue weighted by molar-refractivity contribution is 0.135. The smallest absolute Gasteiger partial charge is 0.409 e. The molecule has 0 aliphatic rings. The molecule has 3 N–H and O–H groups in total. The molecule has 90 valence electrons. The molecule has 0 bridgehead atoms. The summed E-state index contributed by atoms with van der Waals surface area (Å²) in [6.07, 6.45) is -1.63. The second-order valence-corrected chi connectivity index (χ2v) is 3.35. The molecule has 1 aromatic rings. The normalized spacial score (nSPS) is 11.4. The Kier molecular flexibility index (Phi) is 4.39. The van der Waals surface area contributed by atoms with E-state index in [0.717, 1.165) is 5.56 Å². The third-order valence-electron chi connectivity index (χ3n) is 2.12. The molecule has 0 saturated heterocycles. The van der Waals surface area contributed by atoms with Crippen LogP contribution < -0.4 is 10.6 Å². The summed E-state index contributed by atoms with van der Waals surface area (Å²) in [4.78, 5) is 21.4. The minimum absolute atomic E-state index is 0.395. The van der Waals surface area contributed by atoms with E-state index in [4.69, 9.17) is 9.84 Å². The van der Waals surface area contributed by atoms with E-state index in [1.54, 1.807) is 32.1 Å². The molecule has 0 aliphatic heterocycles. The number of alkyl carbamates (subject to hydrolysis) is 1. The Morgan fingerprint density at radius 2 is 1.94 bits per heavy atom. The number of nitrogens with one attached hydrogen (secondary N) is 2. The number of rotatable bonds is 3. The summed E-state index contributed by atoms with van der Waals surface area (Å²) in [6, 6.07) is 6.20. The molecule has 6 nitrogen and oxygen atoms in total. The quantitative estimate of drug-likeness (QED) is 0.676. The molecular formula is C10H13BN2O4. The van der Waals surface area contributed by atoms with Gasteiger partial charge < -0.3 is 15.2 Å². The van der Waals surface area contributed by atoms with E-state index in [1.807, 2.05) is 0 Å². The lowest BCUT2D eigenvalue weighted by Crippen LogP contribution is -2.22. The predicted octanol–water partition coefficient (Wildman–Crippen LogP) is 0.764. The monoisotopic (exact) mass is 236 g/mol. The van der Waals surface area contributed by atoms with E-state index >= 15 is 0 Å². The van der Waals surface area contributed by atoms with Crippen LogP contribution in [-0.4, -0.2) is 32.2 Å². The average Bonchev–Trinajstić information content (AvgIpc) is 2.28. The maximum absolute atomic E-state index is 11.0. The highest BCUT2D eigenvalue weighted by atomic mass is 16.6. The zero-order chi connectivity index (χ0) is 12.8. The molecule has 17 heavy (non-hydrogen) atoms. The molecule has 0 spiro atoms. The van der Waals surface area contributed by atoms with Gasteiger partial charge in [-0.25, -0.2) is 9.59 Å². The molecule has 0 aliphatic carbocycles. The number of carbonyl (C=O) groups excluding carboxylic acids is 1. The van der Waals surface area contributed by atoms with E-state index in [2.05, 4.69) is 10.6 Å². The second-order valence-electron chi connectivity index (χ2n) is 3.35. The van der Waals surface area contributed by atoms with Crippen molar-refractivity contribution < 1.29 is 19.4 Å². The van der Waals surface area contributed by atoms with Gasteiger partial charge in [-0.3, -0.25) is 5.32 Å². The van der Waals surface area contributed by atoms with Crippen LogP contribution in [-0.2, 0) is 4.74 Å². The van der Waals surface area contributed by atoms with Crippen LogP contribution in [0.5, 0.6) is 0 Å². The molecule has 0 heterocycles. The minimum Gasteiger partial charge on any atom is -0.465 e. The van der Waals surface area contributed by atoms with Gasteiger partial charge in [0, 0.05) is 12.7 Å². The van der Waals surface area contributed by atoms with Gasteiger partial charge in [0.05, 0.1) is 6.00 Å². The van der Waals surface area contributed by atoms with Crippen LogP contribution >= 0.6 is 0 Å². The maximum Gasteiger partial charge on any atom is 0.409 e. The van der Waals surface area contributed by atoms with Crippen LogP contribution in [0.4, 0.5) is 15.3 Å². The minimum atomic E-state index is -1.12. The summed E-state index contributed by atoms with van der Waals surface area (Å²) in [5.41, 5.74) is 1.25. The van der Waals surface area contributed by atoms with Crippen molar-refractivity contribution in [3.05, 3.63) is 29.8 Å². The summed E-state index contributed by atoms with van der Waals surface area (Å²) in [7, 11) is 3.21. The van der Waals surface area contributed by atoms with Gasteiger partial charge in [0.2, 0.25) is 0 Å². The number of hydrogen-bond acceptors (Lipinski definition) is 3. The number of anilines is 1. The molecular weight excluding hydrogens is 223 g/mol. The van der Waals surface area contributed by atoms with Crippen molar-refractivity contribution in [3.63, 3.8) is 0 Å². The van der Waals surface area contributed by atoms with Crippen LogP contribution in [0, 0.1) is 0 Å². The van der Waals surface area contributed by atoms with Crippen molar-refractivity contribution in [1.82, 2.24) is 5.32 Å². The molecule has 0 saturated carbocycles. The topological polar surface area (TPSA) is 87.7 Å². The highest BCUT2D eigenvalue weighted by Crippen LogP contribution is 2.17. The Labute approximate surface area is 99.4 Å². The van der Waals surface area contributed by atoms with Gasteiger partial charge in [0.25, 0.3) is 0 Å². The molecule has 0 fully saturated rings. The second kappa shape index (κ2) is 5.79. The van der Waals surface area contributed by atoms with E-state index in [1.165, 1.54) is 7.05 Å². The Morgan fingerprint density at radius 3 is 2.41 bits per heavy atom. The number of carbonyl (C=O) groups is 2. The number of hydrogen-bond donors (Lipinski definition) is 3. The largest absolute Gasteiger partial charge is 0.465 e. The lowest BCUT2D eigenvalue weighted by atomic mass is 9.92. The van der Waals surface area contributed by atoms with Crippen molar-refractivity contribution >= 4 is 25.7 Å². The van der Waals surface area contributed by atoms with E-state index in [0.29, 0.717) is 5.69 Å². The summed E-state index contributed by atoms with van der Waals surface area (Å²) < 4.78 is 5.02. The Bertz CT molecular complexity index is 407. The fourth-order valence-corrected chi connectivity index (χ4v) is 1.25. The van der Waals surface area contributed by atoms with Crippen molar-refractivity contribution in [1.29, 1.82) is 0 Å². The number of carboxylic acid groups (broad SMARTS) is 1. The molecule has 2 amide bonds. The number of ether oxygens (including phenoxy) is 1. The van der Waals surface area contributed by atoms with Gasteiger partial charge in [-0.2, -0.15) is 0 Å². The number of amides is 2. The van der Waals surface area contributed by atoms with Crippen LogP contribution in [0.2, 0.25) is 0 Å². The summed E-state index contributed by atoms with van der Waals surface area (Å²) in [5, 5.41) is 13.1. The predicted molar refractivity (Wildman–Crippen MR) is 64.9 cm³/mol. The molecule has 1 aromatic carbocycles. The molecule has 1 rings (SSSR count). The molecule has 0 radical (unpaired) electrons. The van der Waals surface area contributed by atoms with Gasteiger partial charge in [0.1, 0.15) is 0 Å². The van der Waals surface area contributed by atoms with Gasteiger partial charge >= 0.3 is 12.2 Å². The van der Waals surface area contributed by atoms with Crippen molar-refractivity contribution in [3.8, 4) is 0 Å². The first-order chi connectivity index (χ1) is 8.02. The average molecular weight is 236 g/mol. The standard InChI is InChI=1S/C10H13BN2O4/c1-12-10(16)17-8(11)6-2-4-7(5-3-6)13-9(14)15/h2-5,8,13H,11H2,1H3,(H,12,16)(H,14,15). The highest BCUT2D eigenvalue weighted by molar-refractivity contribution is 6.12. The zero-order valence-electron chi connectivity index (χ0n) is 9.56. The summed E-state index contributed by atoms with van der Waals surface area (Å²) in [5.74, 6) is 0. The van der Waals surface area contributed by atoms with Crippen LogP contribution in [0.3, 0.4) is 0 Å². The number of benzene rings is 1. The van der Waals surface area contributed by atoms with Gasteiger partial charge in [-0.1, -0.05) is 12.1 Å². The fraction of sp³-hybridized carbons (Fsp3) is 0.200.